The lowest BCUT2D eigenvalue weighted by molar-refractivity contribution is 0.215. The van der Waals surface area contributed by atoms with E-state index in [1.165, 1.54) is 0 Å². The Morgan fingerprint density at radius 1 is 1.78 bits per heavy atom. The van der Waals surface area contributed by atoms with Gasteiger partial charge in [-0.05, 0) is 12.8 Å². The van der Waals surface area contributed by atoms with Gasteiger partial charge in [0.1, 0.15) is 0 Å². The number of rotatable bonds is 0. The summed E-state index contributed by atoms with van der Waals surface area (Å²) in [4.78, 5) is 12.1. The molecule has 1 fully saturated rings. The average molecular weight is 146 g/mol. The number of thiol groups is 1. The molecule has 1 aliphatic rings. The van der Waals surface area contributed by atoms with E-state index >= 15 is 0 Å². The molecule has 3 nitrogen and oxygen atoms in total. The molecule has 0 aromatic rings. The normalized spacial score (nSPS) is 26.8. The number of urea groups is 1. The zero-order valence-electron chi connectivity index (χ0n) is 5.08. The van der Waals surface area contributed by atoms with Gasteiger partial charge in [-0.1, -0.05) is 0 Å². The molecule has 0 spiro atoms. The van der Waals surface area contributed by atoms with Crippen molar-refractivity contribution >= 4 is 18.7 Å². The van der Waals surface area contributed by atoms with Crippen molar-refractivity contribution in [3.63, 3.8) is 0 Å². The second-order valence-electron chi connectivity index (χ2n) is 2.15. The Balaban J connectivity index is 2.49. The fraction of sp³-hybridized carbons (Fsp3) is 0.800. The van der Waals surface area contributed by atoms with E-state index in [1.54, 1.807) is 4.90 Å². The molecule has 0 aromatic heterocycles. The van der Waals surface area contributed by atoms with Crippen molar-refractivity contribution in [3.05, 3.63) is 0 Å². The van der Waals surface area contributed by atoms with Crippen LogP contribution in [0.4, 0.5) is 4.79 Å². The average Bonchev–Trinajstić information content (AvgIpc) is 2.13. The first-order chi connectivity index (χ1) is 4.22. The SMILES string of the molecule is NC(=O)N1CCCC1S. The molecule has 52 valence electrons. The highest BCUT2D eigenvalue weighted by Gasteiger charge is 2.23. The molecule has 1 aliphatic heterocycles. The molecule has 0 saturated carbocycles. The number of carbonyl (C=O) groups excluding carboxylic acids is 1. The Labute approximate surface area is 59.6 Å². The largest absolute Gasteiger partial charge is 0.351 e. The molecular weight excluding hydrogens is 136 g/mol. The van der Waals surface area contributed by atoms with Crippen LogP contribution < -0.4 is 5.73 Å². The molecule has 0 aliphatic carbocycles. The summed E-state index contributed by atoms with van der Waals surface area (Å²) >= 11 is 4.15. The topological polar surface area (TPSA) is 46.3 Å². The highest BCUT2D eigenvalue weighted by atomic mass is 32.1. The fourth-order valence-electron chi connectivity index (χ4n) is 1.01. The van der Waals surface area contributed by atoms with Crippen molar-refractivity contribution in [3.8, 4) is 0 Å². The van der Waals surface area contributed by atoms with E-state index in [0.717, 1.165) is 19.4 Å². The predicted octanol–water partition coefficient (Wildman–Crippen LogP) is 0.417. The van der Waals surface area contributed by atoms with Crippen LogP contribution in [-0.4, -0.2) is 22.8 Å². The molecule has 0 radical (unpaired) electrons. The van der Waals surface area contributed by atoms with E-state index in [1.807, 2.05) is 0 Å². The molecule has 1 heterocycles. The molecule has 1 atom stereocenters. The molecule has 1 rings (SSSR count). The highest BCUT2D eigenvalue weighted by Crippen LogP contribution is 2.18. The van der Waals surface area contributed by atoms with Crippen molar-refractivity contribution in [1.82, 2.24) is 4.90 Å². The van der Waals surface area contributed by atoms with E-state index in [-0.39, 0.29) is 11.4 Å². The van der Waals surface area contributed by atoms with Gasteiger partial charge in [-0.3, -0.25) is 0 Å². The monoisotopic (exact) mass is 146 g/mol. The minimum atomic E-state index is -0.354. The number of primary amides is 1. The zero-order valence-corrected chi connectivity index (χ0v) is 5.97. The van der Waals surface area contributed by atoms with Crippen molar-refractivity contribution in [2.24, 2.45) is 5.73 Å². The van der Waals surface area contributed by atoms with E-state index in [9.17, 15) is 4.79 Å². The van der Waals surface area contributed by atoms with Gasteiger partial charge < -0.3 is 10.6 Å². The molecule has 0 aromatic carbocycles. The van der Waals surface area contributed by atoms with Crippen molar-refractivity contribution in [2.75, 3.05) is 6.54 Å². The summed E-state index contributed by atoms with van der Waals surface area (Å²) in [6.45, 7) is 0.767. The second-order valence-corrected chi connectivity index (χ2v) is 2.75. The Kier molecular flexibility index (Phi) is 1.85. The Bertz CT molecular complexity index is 128. The summed E-state index contributed by atoms with van der Waals surface area (Å²) in [5.74, 6) is 0. The first-order valence-corrected chi connectivity index (χ1v) is 3.47. The van der Waals surface area contributed by atoms with E-state index in [2.05, 4.69) is 12.6 Å². The lowest BCUT2D eigenvalue weighted by Crippen LogP contribution is -2.36. The molecule has 4 heteroatoms. The van der Waals surface area contributed by atoms with Crippen LogP contribution in [0.2, 0.25) is 0 Å². The van der Waals surface area contributed by atoms with Crippen molar-refractivity contribution in [1.29, 1.82) is 0 Å². The minimum absolute atomic E-state index is 0.0579. The number of likely N-dealkylation sites (tertiary alicyclic amines) is 1. The first kappa shape index (κ1) is 6.74. The molecule has 9 heavy (non-hydrogen) atoms. The number of amides is 2. The van der Waals surface area contributed by atoms with Gasteiger partial charge in [0.2, 0.25) is 0 Å². The van der Waals surface area contributed by atoms with Gasteiger partial charge in [0.15, 0.2) is 0 Å². The maximum absolute atomic E-state index is 10.5. The smallest absolute Gasteiger partial charge is 0.315 e. The summed E-state index contributed by atoms with van der Waals surface area (Å²) in [7, 11) is 0. The third-order valence-corrected chi connectivity index (χ3v) is 2.04. The maximum Gasteiger partial charge on any atom is 0.315 e. The number of hydrogen-bond acceptors (Lipinski definition) is 2. The molecule has 1 unspecified atom stereocenters. The van der Waals surface area contributed by atoms with Crippen LogP contribution >= 0.6 is 12.6 Å². The minimum Gasteiger partial charge on any atom is -0.351 e. The fourth-order valence-corrected chi connectivity index (χ4v) is 1.42. The van der Waals surface area contributed by atoms with E-state index in [4.69, 9.17) is 5.73 Å². The number of nitrogens with zero attached hydrogens (tertiary/aromatic N) is 1. The zero-order chi connectivity index (χ0) is 6.85. The van der Waals surface area contributed by atoms with Gasteiger partial charge >= 0.3 is 6.03 Å². The van der Waals surface area contributed by atoms with Gasteiger partial charge in [-0.2, -0.15) is 12.6 Å². The van der Waals surface area contributed by atoms with Gasteiger partial charge in [-0.15, -0.1) is 0 Å². The molecule has 2 N–H and O–H groups in total. The van der Waals surface area contributed by atoms with Crippen LogP contribution in [0.15, 0.2) is 0 Å². The van der Waals surface area contributed by atoms with Gasteiger partial charge in [-0.25, -0.2) is 4.79 Å². The number of carbonyl (C=O) groups is 1. The Morgan fingerprint density at radius 2 is 2.44 bits per heavy atom. The lowest BCUT2D eigenvalue weighted by atomic mass is 10.4. The predicted molar refractivity (Wildman–Crippen MR) is 38.3 cm³/mol. The van der Waals surface area contributed by atoms with E-state index < -0.39 is 0 Å². The summed E-state index contributed by atoms with van der Waals surface area (Å²) in [6.07, 6.45) is 1.99. The quantitative estimate of drug-likeness (QED) is 0.478. The number of hydrogen-bond donors (Lipinski definition) is 2. The lowest BCUT2D eigenvalue weighted by Gasteiger charge is -2.16. The standard InChI is InChI=1S/C5H10N2OS/c6-5(8)7-3-1-2-4(7)9/h4,9H,1-3H2,(H2,6,8). The summed E-state index contributed by atoms with van der Waals surface area (Å²) < 4.78 is 0. The van der Waals surface area contributed by atoms with Gasteiger partial charge in [0, 0.05) is 6.54 Å². The maximum atomic E-state index is 10.5. The van der Waals surface area contributed by atoms with Crippen LogP contribution in [-0.2, 0) is 0 Å². The third kappa shape index (κ3) is 1.30. The van der Waals surface area contributed by atoms with Crippen LogP contribution in [0.1, 0.15) is 12.8 Å². The summed E-state index contributed by atoms with van der Waals surface area (Å²) in [6, 6.07) is -0.354. The van der Waals surface area contributed by atoms with E-state index in [0.29, 0.717) is 0 Å². The Hall–Kier alpha value is -0.380. The van der Waals surface area contributed by atoms with Gasteiger partial charge in [0.05, 0.1) is 5.37 Å². The molecule has 1 saturated heterocycles. The molecular formula is C5H10N2OS. The summed E-state index contributed by atoms with van der Waals surface area (Å²) in [5.41, 5.74) is 5.03. The van der Waals surface area contributed by atoms with Crippen LogP contribution in [0.25, 0.3) is 0 Å². The summed E-state index contributed by atoms with van der Waals surface area (Å²) in [5, 5.41) is 0.0579. The highest BCUT2D eigenvalue weighted by molar-refractivity contribution is 7.80. The molecule has 0 bridgehead atoms. The first-order valence-electron chi connectivity index (χ1n) is 2.96. The Morgan fingerprint density at radius 3 is 2.67 bits per heavy atom. The second kappa shape index (κ2) is 2.47. The molecule has 2 amide bonds. The van der Waals surface area contributed by atoms with Crippen LogP contribution in [0.3, 0.4) is 0 Å². The number of nitrogens with two attached hydrogens (primary N) is 1. The third-order valence-electron chi connectivity index (χ3n) is 1.50. The van der Waals surface area contributed by atoms with Gasteiger partial charge in [0.25, 0.3) is 0 Å². The van der Waals surface area contributed by atoms with Crippen LogP contribution in [0.5, 0.6) is 0 Å². The van der Waals surface area contributed by atoms with Crippen LogP contribution in [0, 0.1) is 0 Å². The van der Waals surface area contributed by atoms with Crippen molar-refractivity contribution < 1.29 is 4.79 Å². The van der Waals surface area contributed by atoms with Crippen molar-refractivity contribution in [2.45, 2.75) is 18.2 Å².